The van der Waals surface area contributed by atoms with Crippen LogP contribution < -0.4 is 5.32 Å². The summed E-state index contributed by atoms with van der Waals surface area (Å²) in [5, 5.41) is 3.46. The minimum absolute atomic E-state index is 0.413. The lowest BCUT2D eigenvalue weighted by Gasteiger charge is -2.08. The molecular weight excluding hydrogens is 182 g/mol. The average Bonchev–Trinajstić information content (AvgIpc) is 2.80. The van der Waals surface area contributed by atoms with Crippen LogP contribution in [0.1, 0.15) is 18.1 Å². The van der Waals surface area contributed by atoms with Crippen molar-refractivity contribution in [2.24, 2.45) is 0 Å². The average molecular weight is 199 g/mol. The largest absolute Gasteiger partial charge is 0.303 e. The van der Waals surface area contributed by atoms with Gasteiger partial charge in [-0.3, -0.25) is 0 Å². The smallest absolute Gasteiger partial charge is 0.0444 e. The second-order valence-corrected chi connectivity index (χ2v) is 3.85. The highest BCUT2D eigenvalue weighted by molar-refractivity contribution is 5.24. The second kappa shape index (κ2) is 4.94. The molecule has 0 aliphatic heterocycles. The number of rotatable bonds is 4. The van der Waals surface area contributed by atoms with E-state index in [2.05, 4.69) is 60.8 Å². The first-order chi connectivity index (χ1) is 7.38. The molecule has 15 heavy (non-hydrogen) atoms. The number of benzene rings is 1. The summed E-state index contributed by atoms with van der Waals surface area (Å²) in [4.78, 5) is 0. The molecule has 78 valence electrons. The van der Waals surface area contributed by atoms with Crippen molar-refractivity contribution in [1.29, 1.82) is 0 Å². The lowest BCUT2D eigenvalue weighted by molar-refractivity contribution is 0.680. The molecule has 0 saturated carbocycles. The molecule has 1 N–H and O–H groups in total. The third-order valence-corrected chi connectivity index (χ3v) is 2.72. The van der Waals surface area contributed by atoms with Gasteiger partial charge in [0.2, 0.25) is 0 Å². The van der Waals surface area contributed by atoms with Gasteiger partial charge in [0, 0.05) is 12.6 Å². The van der Waals surface area contributed by atoms with Crippen molar-refractivity contribution in [2.45, 2.75) is 25.9 Å². The molecule has 2 rings (SSSR count). The van der Waals surface area contributed by atoms with E-state index in [0.717, 1.165) is 13.0 Å². The lowest BCUT2D eigenvalue weighted by Crippen LogP contribution is -2.23. The quantitative estimate of drug-likeness (QED) is 0.786. The molecule has 0 aromatic heterocycles. The molecule has 1 aromatic rings. The van der Waals surface area contributed by atoms with Crippen LogP contribution in [0.25, 0.3) is 0 Å². The number of aryl methyl sites for hydroxylation is 1. The first kappa shape index (κ1) is 10.2. The minimum Gasteiger partial charge on any atom is -0.303 e. The third-order valence-electron chi connectivity index (χ3n) is 2.72. The number of hydrogen-bond donors (Lipinski definition) is 1. The normalized spacial score (nSPS) is 15.0. The van der Waals surface area contributed by atoms with Gasteiger partial charge in [0.15, 0.2) is 0 Å². The molecule has 0 atom stereocenters. The Labute approximate surface area is 91.5 Å². The van der Waals surface area contributed by atoms with Crippen LogP contribution in [0.3, 0.4) is 0 Å². The summed E-state index contributed by atoms with van der Waals surface area (Å²) in [6.07, 6.45) is 9.61. The molecule has 0 unspecified atom stereocenters. The van der Waals surface area contributed by atoms with Gasteiger partial charge in [-0.1, -0.05) is 55.5 Å². The fraction of sp³-hybridized carbons (Fsp3) is 0.286. The Morgan fingerprint density at radius 2 is 1.60 bits per heavy atom. The topological polar surface area (TPSA) is 12.0 Å². The maximum absolute atomic E-state index is 3.46. The Bertz CT molecular complexity index is 347. The molecule has 0 amide bonds. The van der Waals surface area contributed by atoms with Crippen molar-refractivity contribution in [3.8, 4) is 0 Å². The minimum atomic E-state index is 0.413. The van der Waals surface area contributed by atoms with Crippen LogP contribution in [0.2, 0.25) is 0 Å². The summed E-state index contributed by atoms with van der Waals surface area (Å²) in [7, 11) is 0. The van der Waals surface area contributed by atoms with Crippen molar-refractivity contribution in [1.82, 2.24) is 5.32 Å². The summed E-state index contributed by atoms with van der Waals surface area (Å²) in [6.45, 7) is 3.12. The maximum Gasteiger partial charge on any atom is 0.0444 e. The summed E-state index contributed by atoms with van der Waals surface area (Å²) in [6, 6.07) is 9.23. The van der Waals surface area contributed by atoms with E-state index >= 15 is 0 Å². The van der Waals surface area contributed by atoms with E-state index in [-0.39, 0.29) is 0 Å². The zero-order chi connectivity index (χ0) is 10.5. The van der Waals surface area contributed by atoms with Crippen LogP contribution in [-0.4, -0.2) is 6.04 Å². The van der Waals surface area contributed by atoms with Crippen molar-refractivity contribution in [2.75, 3.05) is 0 Å². The third kappa shape index (κ3) is 2.80. The van der Waals surface area contributed by atoms with E-state index in [1.165, 1.54) is 11.1 Å². The standard InChI is InChI=1S/C14H17N/c1-2-12-7-9-13(10-8-12)11-15-14-5-3-4-6-14/h3-10,14-15H,2,11H2,1H3. The lowest BCUT2D eigenvalue weighted by atomic mass is 10.1. The molecule has 1 heteroatoms. The Morgan fingerprint density at radius 3 is 2.20 bits per heavy atom. The molecule has 0 saturated heterocycles. The molecule has 1 nitrogen and oxygen atoms in total. The highest BCUT2D eigenvalue weighted by atomic mass is 14.9. The second-order valence-electron chi connectivity index (χ2n) is 3.85. The molecule has 0 bridgehead atoms. The predicted molar refractivity (Wildman–Crippen MR) is 64.7 cm³/mol. The van der Waals surface area contributed by atoms with Crippen molar-refractivity contribution in [3.63, 3.8) is 0 Å². The molecule has 1 aromatic carbocycles. The van der Waals surface area contributed by atoms with Gasteiger partial charge in [0.05, 0.1) is 0 Å². The van der Waals surface area contributed by atoms with Crippen LogP contribution >= 0.6 is 0 Å². The molecule has 1 aliphatic rings. The number of allylic oxidation sites excluding steroid dienone is 2. The highest BCUT2D eigenvalue weighted by Crippen LogP contribution is 2.06. The molecule has 0 heterocycles. The first-order valence-corrected chi connectivity index (χ1v) is 5.54. The fourth-order valence-corrected chi connectivity index (χ4v) is 1.70. The SMILES string of the molecule is CCc1ccc(CNC2C=CC=C2)cc1. The van der Waals surface area contributed by atoms with Gasteiger partial charge in [-0.2, -0.15) is 0 Å². The van der Waals surface area contributed by atoms with E-state index in [9.17, 15) is 0 Å². The zero-order valence-corrected chi connectivity index (χ0v) is 9.11. The molecule has 1 aliphatic carbocycles. The molecule has 0 radical (unpaired) electrons. The molecule has 0 spiro atoms. The van der Waals surface area contributed by atoms with Crippen molar-refractivity contribution >= 4 is 0 Å². The summed E-state index contributed by atoms with van der Waals surface area (Å²) >= 11 is 0. The maximum atomic E-state index is 3.46. The van der Waals surface area contributed by atoms with Gasteiger partial charge in [-0.15, -0.1) is 0 Å². The van der Waals surface area contributed by atoms with Crippen LogP contribution in [0.5, 0.6) is 0 Å². The Balaban J connectivity index is 1.87. The van der Waals surface area contributed by atoms with Crippen LogP contribution in [0.4, 0.5) is 0 Å². The summed E-state index contributed by atoms with van der Waals surface area (Å²) < 4.78 is 0. The molecule has 0 fully saturated rings. The van der Waals surface area contributed by atoms with E-state index in [1.54, 1.807) is 0 Å². The summed E-state index contributed by atoms with van der Waals surface area (Å²) in [5.41, 5.74) is 2.75. The van der Waals surface area contributed by atoms with Crippen LogP contribution in [0, 0.1) is 0 Å². The summed E-state index contributed by atoms with van der Waals surface area (Å²) in [5.74, 6) is 0. The van der Waals surface area contributed by atoms with Crippen molar-refractivity contribution in [3.05, 3.63) is 59.7 Å². The predicted octanol–water partition coefficient (Wildman–Crippen LogP) is 2.83. The van der Waals surface area contributed by atoms with Crippen molar-refractivity contribution < 1.29 is 0 Å². The zero-order valence-electron chi connectivity index (χ0n) is 9.11. The highest BCUT2D eigenvalue weighted by Gasteiger charge is 2.01. The number of hydrogen-bond acceptors (Lipinski definition) is 1. The van der Waals surface area contributed by atoms with E-state index in [1.807, 2.05) is 0 Å². The van der Waals surface area contributed by atoms with Gasteiger partial charge < -0.3 is 5.32 Å². The fourth-order valence-electron chi connectivity index (χ4n) is 1.70. The van der Waals surface area contributed by atoms with E-state index in [0.29, 0.717) is 6.04 Å². The Kier molecular flexibility index (Phi) is 3.36. The van der Waals surface area contributed by atoms with Gasteiger partial charge in [0.25, 0.3) is 0 Å². The van der Waals surface area contributed by atoms with Gasteiger partial charge >= 0.3 is 0 Å². The van der Waals surface area contributed by atoms with Crippen LogP contribution in [-0.2, 0) is 13.0 Å². The Hall–Kier alpha value is -1.34. The number of nitrogens with one attached hydrogen (secondary N) is 1. The van der Waals surface area contributed by atoms with Gasteiger partial charge in [-0.25, -0.2) is 0 Å². The van der Waals surface area contributed by atoms with Gasteiger partial charge in [-0.05, 0) is 17.5 Å². The van der Waals surface area contributed by atoms with Crippen LogP contribution in [0.15, 0.2) is 48.6 Å². The van der Waals surface area contributed by atoms with E-state index in [4.69, 9.17) is 0 Å². The van der Waals surface area contributed by atoms with Gasteiger partial charge in [0.1, 0.15) is 0 Å². The monoisotopic (exact) mass is 199 g/mol. The Morgan fingerprint density at radius 1 is 1.00 bits per heavy atom. The van der Waals surface area contributed by atoms with E-state index < -0.39 is 0 Å². The molecular formula is C14H17N. The first-order valence-electron chi connectivity index (χ1n) is 5.54.